The van der Waals surface area contributed by atoms with Gasteiger partial charge in [-0.05, 0) is 25.7 Å². The first kappa shape index (κ1) is 18.2. The van der Waals surface area contributed by atoms with Gasteiger partial charge in [-0.2, -0.15) is 0 Å². The zero-order valence-corrected chi connectivity index (χ0v) is 15.4. The molecule has 1 aliphatic heterocycles. The standard InChI is InChI=1S/C19H31N3O3/c1-21-18(25)22(17(24)19(21)12-8-5-9-13-19)14-16(23)20-15-10-6-3-2-4-7-11-15/h15H,2-14H2,1H3,(H,20,23). The van der Waals surface area contributed by atoms with E-state index in [1.165, 1.54) is 24.2 Å². The number of likely N-dealkylation sites (N-methyl/N-ethyl adjacent to an activating group) is 1. The van der Waals surface area contributed by atoms with Gasteiger partial charge in [-0.1, -0.05) is 51.4 Å². The second kappa shape index (κ2) is 7.75. The van der Waals surface area contributed by atoms with Crippen LogP contribution in [0.2, 0.25) is 0 Å². The van der Waals surface area contributed by atoms with Gasteiger partial charge in [-0.15, -0.1) is 0 Å². The highest BCUT2D eigenvalue weighted by molar-refractivity contribution is 6.08. The van der Waals surface area contributed by atoms with E-state index in [4.69, 9.17) is 0 Å². The summed E-state index contributed by atoms with van der Waals surface area (Å²) in [6, 6.07) is -0.137. The fourth-order valence-electron chi connectivity index (χ4n) is 4.69. The Kier molecular flexibility index (Phi) is 5.64. The molecule has 1 spiro atoms. The lowest BCUT2D eigenvalue weighted by Gasteiger charge is -2.35. The van der Waals surface area contributed by atoms with Gasteiger partial charge in [0, 0.05) is 13.1 Å². The molecule has 3 aliphatic rings. The first-order valence-corrected chi connectivity index (χ1v) is 9.94. The number of hydrogen-bond acceptors (Lipinski definition) is 3. The van der Waals surface area contributed by atoms with E-state index in [2.05, 4.69) is 5.32 Å². The Morgan fingerprint density at radius 1 is 1.00 bits per heavy atom. The quantitative estimate of drug-likeness (QED) is 0.797. The van der Waals surface area contributed by atoms with E-state index in [0.29, 0.717) is 0 Å². The molecule has 0 aromatic heterocycles. The Labute approximate surface area is 150 Å². The van der Waals surface area contributed by atoms with Crippen molar-refractivity contribution in [3.05, 3.63) is 0 Å². The number of carbonyl (C=O) groups excluding carboxylic acids is 3. The van der Waals surface area contributed by atoms with Crippen molar-refractivity contribution in [2.75, 3.05) is 13.6 Å². The lowest BCUT2D eigenvalue weighted by molar-refractivity contribution is -0.137. The molecule has 140 valence electrons. The Morgan fingerprint density at radius 2 is 1.56 bits per heavy atom. The molecule has 0 unspecified atom stereocenters. The van der Waals surface area contributed by atoms with E-state index in [0.717, 1.165) is 57.8 Å². The van der Waals surface area contributed by atoms with E-state index in [1.807, 2.05) is 0 Å². The number of hydrogen-bond donors (Lipinski definition) is 1. The van der Waals surface area contributed by atoms with Crippen LogP contribution in [0, 0.1) is 0 Å². The van der Waals surface area contributed by atoms with Gasteiger partial charge in [0.1, 0.15) is 12.1 Å². The third-order valence-electron chi connectivity index (χ3n) is 6.26. The zero-order valence-electron chi connectivity index (χ0n) is 15.4. The number of urea groups is 1. The molecule has 1 saturated heterocycles. The van der Waals surface area contributed by atoms with Crippen LogP contribution in [-0.4, -0.2) is 52.8 Å². The molecule has 3 fully saturated rings. The summed E-state index contributed by atoms with van der Waals surface area (Å²) < 4.78 is 0. The predicted molar refractivity (Wildman–Crippen MR) is 94.9 cm³/mol. The van der Waals surface area contributed by atoms with Gasteiger partial charge in [-0.25, -0.2) is 4.79 Å². The molecule has 0 atom stereocenters. The van der Waals surface area contributed by atoms with Crippen LogP contribution in [0.25, 0.3) is 0 Å². The van der Waals surface area contributed by atoms with Crippen LogP contribution >= 0.6 is 0 Å². The second-order valence-corrected chi connectivity index (χ2v) is 7.93. The topological polar surface area (TPSA) is 69.7 Å². The van der Waals surface area contributed by atoms with Crippen molar-refractivity contribution in [2.24, 2.45) is 0 Å². The van der Waals surface area contributed by atoms with Crippen LogP contribution < -0.4 is 5.32 Å². The summed E-state index contributed by atoms with van der Waals surface area (Å²) in [4.78, 5) is 40.7. The summed E-state index contributed by atoms with van der Waals surface area (Å²) in [6.45, 7) is -0.139. The molecule has 0 radical (unpaired) electrons. The monoisotopic (exact) mass is 349 g/mol. The molecular weight excluding hydrogens is 318 g/mol. The third kappa shape index (κ3) is 3.67. The summed E-state index contributed by atoms with van der Waals surface area (Å²) in [6.07, 6.45) is 12.5. The van der Waals surface area contributed by atoms with Crippen LogP contribution in [0.1, 0.15) is 77.0 Å². The van der Waals surface area contributed by atoms with Crippen molar-refractivity contribution in [3.63, 3.8) is 0 Å². The normalized spacial score (nSPS) is 25.2. The number of nitrogens with one attached hydrogen (secondary N) is 1. The second-order valence-electron chi connectivity index (χ2n) is 7.93. The van der Waals surface area contributed by atoms with Gasteiger partial charge in [-0.3, -0.25) is 14.5 Å². The van der Waals surface area contributed by atoms with E-state index in [9.17, 15) is 14.4 Å². The predicted octanol–water partition coefficient (Wildman–Crippen LogP) is 2.81. The van der Waals surface area contributed by atoms with Gasteiger partial charge >= 0.3 is 6.03 Å². The maximum atomic E-state index is 12.9. The molecular formula is C19H31N3O3. The van der Waals surface area contributed by atoms with E-state index < -0.39 is 5.54 Å². The molecule has 6 heteroatoms. The minimum absolute atomic E-state index is 0.139. The molecule has 3 rings (SSSR count). The summed E-state index contributed by atoms with van der Waals surface area (Å²) in [7, 11) is 1.71. The minimum atomic E-state index is -0.699. The first-order valence-electron chi connectivity index (χ1n) is 9.94. The third-order valence-corrected chi connectivity index (χ3v) is 6.26. The molecule has 1 N–H and O–H groups in total. The van der Waals surface area contributed by atoms with E-state index in [-0.39, 0.29) is 30.4 Å². The fourth-order valence-corrected chi connectivity index (χ4v) is 4.69. The van der Waals surface area contributed by atoms with Crippen molar-refractivity contribution in [2.45, 2.75) is 88.6 Å². The average molecular weight is 349 g/mol. The minimum Gasteiger partial charge on any atom is -0.352 e. The Bertz CT molecular complexity index is 520. The summed E-state index contributed by atoms with van der Waals surface area (Å²) in [5, 5.41) is 3.06. The summed E-state index contributed by atoms with van der Waals surface area (Å²) >= 11 is 0. The summed E-state index contributed by atoms with van der Waals surface area (Å²) in [5.74, 6) is -0.374. The van der Waals surface area contributed by atoms with Gasteiger partial charge in [0.15, 0.2) is 0 Å². The maximum Gasteiger partial charge on any atom is 0.327 e. The highest BCUT2D eigenvalue weighted by atomic mass is 16.2. The molecule has 1 heterocycles. The first-order chi connectivity index (χ1) is 12.0. The highest BCUT2D eigenvalue weighted by Gasteiger charge is 2.55. The smallest absolute Gasteiger partial charge is 0.327 e. The van der Waals surface area contributed by atoms with Crippen molar-refractivity contribution in [3.8, 4) is 0 Å². The zero-order chi connectivity index (χ0) is 17.9. The van der Waals surface area contributed by atoms with E-state index >= 15 is 0 Å². The molecule has 25 heavy (non-hydrogen) atoms. The highest BCUT2D eigenvalue weighted by Crippen LogP contribution is 2.39. The van der Waals surface area contributed by atoms with Crippen LogP contribution in [-0.2, 0) is 9.59 Å². The van der Waals surface area contributed by atoms with Crippen LogP contribution in [0.4, 0.5) is 4.79 Å². The number of imide groups is 1. The Hall–Kier alpha value is -1.59. The SMILES string of the molecule is CN1C(=O)N(CC(=O)NC2CCCCCCC2)C(=O)C12CCCCC2. The van der Waals surface area contributed by atoms with E-state index in [1.54, 1.807) is 11.9 Å². The van der Waals surface area contributed by atoms with Crippen molar-refractivity contribution in [1.82, 2.24) is 15.1 Å². The molecule has 2 saturated carbocycles. The maximum absolute atomic E-state index is 12.9. The number of rotatable bonds is 3. The molecule has 4 amide bonds. The molecule has 0 aromatic carbocycles. The molecule has 0 bridgehead atoms. The number of nitrogens with zero attached hydrogens (tertiary/aromatic N) is 2. The van der Waals surface area contributed by atoms with Gasteiger partial charge in [0.25, 0.3) is 5.91 Å². The Morgan fingerprint density at radius 3 is 2.20 bits per heavy atom. The van der Waals surface area contributed by atoms with Gasteiger partial charge in [0.2, 0.25) is 5.91 Å². The number of carbonyl (C=O) groups is 3. The van der Waals surface area contributed by atoms with Crippen molar-refractivity contribution in [1.29, 1.82) is 0 Å². The number of amides is 4. The lowest BCUT2D eigenvalue weighted by Crippen LogP contribution is -2.49. The largest absolute Gasteiger partial charge is 0.352 e. The average Bonchev–Trinajstić information content (AvgIpc) is 2.74. The molecule has 6 nitrogen and oxygen atoms in total. The van der Waals surface area contributed by atoms with Crippen molar-refractivity contribution >= 4 is 17.8 Å². The summed E-state index contributed by atoms with van der Waals surface area (Å²) in [5.41, 5.74) is -0.699. The van der Waals surface area contributed by atoms with Crippen molar-refractivity contribution < 1.29 is 14.4 Å². The van der Waals surface area contributed by atoms with Gasteiger partial charge in [0.05, 0.1) is 0 Å². The lowest BCUT2D eigenvalue weighted by atomic mass is 9.81. The Balaban J connectivity index is 1.60. The fraction of sp³-hybridized carbons (Fsp3) is 0.842. The molecule has 2 aliphatic carbocycles. The molecule has 0 aromatic rings. The van der Waals surface area contributed by atoms with Crippen LogP contribution in [0.3, 0.4) is 0 Å². The van der Waals surface area contributed by atoms with Crippen LogP contribution in [0.5, 0.6) is 0 Å². The van der Waals surface area contributed by atoms with Crippen LogP contribution in [0.15, 0.2) is 0 Å². The van der Waals surface area contributed by atoms with Gasteiger partial charge < -0.3 is 10.2 Å².